The molecule has 0 unspecified atom stereocenters. The van der Waals surface area contributed by atoms with E-state index < -0.39 is 11.9 Å². The summed E-state index contributed by atoms with van der Waals surface area (Å²) in [6.07, 6.45) is 0. The topological polar surface area (TPSA) is 100 Å². The summed E-state index contributed by atoms with van der Waals surface area (Å²) >= 11 is 0. The van der Waals surface area contributed by atoms with Crippen molar-refractivity contribution in [3.05, 3.63) is 47.5 Å². The van der Waals surface area contributed by atoms with Crippen LogP contribution in [0.5, 0.6) is 0 Å². The molecule has 0 spiro atoms. The van der Waals surface area contributed by atoms with Gasteiger partial charge in [-0.2, -0.15) is 0 Å². The zero-order valence-electron chi connectivity index (χ0n) is 10.1. The average molecular weight is 268 g/mol. The average Bonchev–Trinajstić information content (AvgIpc) is 2.43. The van der Waals surface area contributed by atoms with Crippen molar-refractivity contribution in [1.82, 2.24) is 9.97 Å². The number of carboxylic acids is 2. The van der Waals surface area contributed by atoms with Gasteiger partial charge in [0.05, 0.1) is 22.2 Å². The molecule has 2 aromatic carbocycles. The van der Waals surface area contributed by atoms with Gasteiger partial charge in [0.1, 0.15) is 11.0 Å². The first kappa shape index (κ1) is 12.0. The van der Waals surface area contributed by atoms with Gasteiger partial charge in [-0.25, -0.2) is 19.6 Å². The summed E-state index contributed by atoms with van der Waals surface area (Å²) in [7, 11) is 0. The van der Waals surface area contributed by atoms with Crippen LogP contribution in [0, 0.1) is 0 Å². The van der Waals surface area contributed by atoms with E-state index in [-0.39, 0.29) is 22.2 Å². The van der Waals surface area contributed by atoms with Crippen molar-refractivity contribution in [2.45, 2.75) is 0 Å². The van der Waals surface area contributed by atoms with Crippen LogP contribution in [0.25, 0.3) is 22.1 Å². The first-order valence-corrected chi connectivity index (χ1v) is 5.74. The zero-order chi connectivity index (χ0) is 14.3. The van der Waals surface area contributed by atoms with Gasteiger partial charge in [-0.3, -0.25) is 0 Å². The van der Waals surface area contributed by atoms with Crippen LogP contribution < -0.4 is 0 Å². The van der Waals surface area contributed by atoms with Gasteiger partial charge in [0.25, 0.3) is 0 Å². The monoisotopic (exact) mass is 268 g/mol. The summed E-state index contributed by atoms with van der Waals surface area (Å²) in [4.78, 5) is 30.9. The van der Waals surface area contributed by atoms with Gasteiger partial charge in [0.15, 0.2) is 0 Å². The molecule has 0 aliphatic rings. The van der Waals surface area contributed by atoms with Crippen molar-refractivity contribution in [2.75, 3.05) is 0 Å². The van der Waals surface area contributed by atoms with Gasteiger partial charge in [-0.1, -0.05) is 12.1 Å². The first-order chi connectivity index (χ1) is 9.58. The van der Waals surface area contributed by atoms with Crippen molar-refractivity contribution in [3.8, 4) is 0 Å². The lowest BCUT2D eigenvalue weighted by Crippen LogP contribution is -2.05. The molecule has 1 heterocycles. The summed E-state index contributed by atoms with van der Waals surface area (Å²) in [5.41, 5.74) is 1.06. The summed E-state index contributed by atoms with van der Waals surface area (Å²) in [5, 5.41) is 18.3. The summed E-state index contributed by atoms with van der Waals surface area (Å²) in [5.74, 6) is -2.34. The number of hydrogen-bond donors (Lipinski definition) is 2. The minimum atomic E-state index is -1.17. The minimum absolute atomic E-state index is 0.0664. The van der Waals surface area contributed by atoms with E-state index in [2.05, 4.69) is 9.97 Å². The van der Waals surface area contributed by atoms with Crippen LogP contribution in [0.4, 0.5) is 0 Å². The van der Waals surface area contributed by atoms with E-state index >= 15 is 0 Å². The third kappa shape index (κ3) is 1.74. The Morgan fingerprint density at radius 3 is 1.50 bits per heavy atom. The van der Waals surface area contributed by atoms with Crippen molar-refractivity contribution in [2.24, 2.45) is 0 Å². The Kier molecular flexibility index (Phi) is 2.57. The predicted molar refractivity (Wildman–Crippen MR) is 71.0 cm³/mol. The second-order valence-electron chi connectivity index (χ2n) is 4.18. The molecule has 0 aliphatic heterocycles. The lowest BCUT2D eigenvalue weighted by atomic mass is 10.1. The number of aromatic carboxylic acids is 2. The van der Waals surface area contributed by atoms with Gasteiger partial charge in [-0.05, 0) is 24.3 Å². The van der Waals surface area contributed by atoms with Gasteiger partial charge in [0.2, 0.25) is 0 Å². The van der Waals surface area contributed by atoms with Crippen molar-refractivity contribution in [1.29, 1.82) is 0 Å². The lowest BCUT2D eigenvalue weighted by molar-refractivity contribution is 0.0684. The third-order valence-electron chi connectivity index (χ3n) is 2.96. The molecular weight excluding hydrogens is 260 g/mol. The molecule has 0 amide bonds. The van der Waals surface area contributed by atoms with Crippen molar-refractivity contribution >= 4 is 34.0 Å². The molecule has 0 radical (unpaired) electrons. The second kappa shape index (κ2) is 4.27. The maximum Gasteiger partial charge on any atom is 0.337 e. The van der Waals surface area contributed by atoms with Crippen LogP contribution in [0.3, 0.4) is 0 Å². The van der Waals surface area contributed by atoms with E-state index in [4.69, 9.17) is 10.2 Å². The van der Waals surface area contributed by atoms with E-state index in [1.165, 1.54) is 12.1 Å². The highest BCUT2D eigenvalue weighted by atomic mass is 16.4. The summed E-state index contributed by atoms with van der Waals surface area (Å²) < 4.78 is 0. The highest BCUT2D eigenvalue weighted by Gasteiger charge is 2.18. The van der Waals surface area contributed by atoms with Gasteiger partial charge in [0, 0.05) is 0 Å². The SMILES string of the molecule is O=C(O)c1ccc(C(=O)O)c2nc3ccccc3nc12. The molecule has 1 aromatic heterocycles. The van der Waals surface area contributed by atoms with E-state index in [0.717, 1.165) is 0 Å². The van der Waals surface area contributed by atoms with Gasteiger partial charge in [-0.15, -0.1) is 0 Å². The zero-order valence-corrected chi connectivity index (χ0v) is 10.1. The number of benzene rings is 2. The fourth-order valence-electron chi connectivity index (χ4n) is 2.05. The maximum atomic E-state index is 11.2. The lowest BCUT2D eigenvalue weighted by Gasteiger charge is -2.06. The largest absolute Gasteiger partial charge is 0.478 e. The number of fused-ring (bicyclic) bond motifs is 2. The maximum absolute atomic E-state index is 11.2. The fraction of sp³-hybridized carbons (Fsp3) is 0. The van der Waals surface area contributed by atoms with E-state index in [9.17, 15) is 9.59 Å². The number of aromatic nitrogens is 2. The minimum Gasteiger partial charge on any atom is -0.478 e. The van der Waals surface area contributed by atoms with E-state index in [1.54, 1.807) is 24.3 Å². The Labute approximate surface area is 112 Å². The third-order valence-corrected chi connectivity index (χ3v) is 2.96. The Morgan fingerprint density at radius 2 is 1.15 bits per heavy atom. The molecule has 98 valence electrons. The summed E-state index contributed by atoms with van der Waals surface area (Å²) in [6, 6.07) is 9.37. The molecule has 0 fully saturated rings. The molecule has 6 nitrogen and oxygen atoms in total. The number of carbonyl (C=O) groups is 2. The standard InChI is InChI=1S/C14H8N2O4/c17-13(18)7-5-6-8(14(19)20)12-11(7)15-9-3-1-2-4-10(9)16-12/h1-6H,(H,17,18)(H,19,20). The molecule has 20 heavy (non-hydrogen) atoms. The molecule has 0 atom stereocenters. The fourth-order valence-corrected chi connectivity index (χ4v) is 2.05. The van der Waals surface area contributed by atoms with Gasteiger partial charge < -0.3 is 10.2 Å². The smallest absolute Gasteiger partial charge is 0.337 e. The number of carboxylic acid groups (broad SMARTS) is 2. The van der Waals surface area contributed by atoms with Crippen LogP contribution in [-0.4, -0.2) is 32.1 Å². The predicted octanol–water partition coefficient (Wildman–Crippen LogP) is 2.18. The summed E-state index contributed by atoms with van der Waals surface area (Å²) in [6.45, 7) is 0. The quantitative estimate of drug-likeness (QED) is 0.691. The molecule has 0 bridgehead atoms. The number of para-hydroxylation sites is 2. The van der Waals surface area contributed by atoms with Crippen LogP contribution in [0.15, 0.2) is 36.4 Å². The number of hydrogen-bond acceptors (Lipinski definition) is 4. The van der Waals surface area contributed by atoms with Crippen LogP contribution in [-0.2, 0) is 0 Å². The molecule has 2 N–H and O–H groups in total. The van der Waals surface area contributed by atoms with Crippen LogP contribution in [0.2, 0.25) is 0 Å². The molecule has 0 aliphatic carbocycles. The Morgan fingerprint density at radius 1 is 0.750 bits per heavy atom. The Balaban J connectivity index is 2.52. The molecule has 3 aromatic rings. The second-order valence-corrected chi connectivity index (χ2v) is 4.18. The van der Waals surface area contributed by atoms with E-state index in [1.807, 2.05) is 0 Å². The van der Waals surface area contributed by atoms with Crippen LogP contribution >= 0.6 is 0 Å². The van der Waals surface area contributed by atoms with Crippen molar-refractivity contribution < 1.29 is 19.8 Å². The highest BCUT2D eigenvalue weighted by molar-refractivity contribution is 6.09. The molecule has 6 heteroatoms. The Bertz CT molecular complexity index is 802. The highest BCUT2D eigenvalue weighted by Crippen LogP contribution is 2.23. The number of nitrogens with zero attached hydrogens (tertiary/aromatic N) is 2. The van der Waals surface area contributed by atoms with Crippen molar-refractivity contribution in [3.63, 3.8) is 0 Å². The molecule has 0 saturated carbocycles. The Hall–Kier alpha value is -3.02. The molecule has 0 saturated heterocycles. The van der Waals surface area contributed by atoms with E-state index in [0.29, 0.717) is 11.0 Å². The van der Waals surface area contributed by atoms with Crippen LogP contribution in [0.1, 0.15) is 20.7 Å². The molecular formula is C14H8N2O4. The number of rotatable bonds is 2. The first-order valence-electron chi connectivity index (χ1n) is 5.74. The normalized spacial score (nSPS) is 10.8. The molecule has 3 rings (SSSR count). The van der Waals surface area contributed by atoms with Gasteiger partial charge >= 0.3 is 11.9 Å².